The predicted molar refractivity (Wildman–Crippen MR) is 76.7 cm³/mol. The first kappa shape index (κ1) is 14.8. The van der Waals surface area contributed by atoms with Crippen LogP contribution in [0.2, 0.25) is 5.02 Å². The van der Waals surface area contributed by atoms with Crippen LogP contribution in [0.5, 0.6) is 5.75 Å². The number of benzene rings is 2. The van der Waals surface area contributed by atoms with E-state index in [2.05, 4.69) is 0 Å². The van der Waals surface area contributed by atoms with Crippen LogP contribution in [0.25, 0.3) is 0 Å². The van der Waals surface area contributed by atoms with Gasteiger partial charge in [0.05, 0.1) is 0 Å². The number of hydrogen-bond acceptors (Lipinski definition) is 3. The van der Waals surface area contributed by atoms with Gasteiger partial charge in [-0.15, -0.1) is 0 Å². The van der Waals surface area contributed by atoms with E-state index in [1.165, 1.54) is 12.1 Å². The van der Waals surface area contributed by atoms with Gasteiger partial charge in [-0.2, -0.15) is 0 Å². The minimum Gasteiger partial charge on any atom is -0.488 e. The molecule has 0 saturated heterocycles. The van der Waals surface area contributed by atoms with E-state index in [0.29, 0.717) is 16.3 Å². The van der Waals surface area contributed by atoms with Crippen LogP contribution in [-0.4, -0.2) is 17.2 Å². The summed E-state index contributed by atoms with van der Waals surface area (Å²) in [7, 11) is -1.69. The molecule has 0 aliphatic heterocycles. The summed E-state index contributed by atoms with van der Waals surface area (Å²) >= 11 is 5.88. The van der Waals surface area contributed by atoms with Crippen LogP contribution in [0.4, 0.5) is 4.39 Å². The second kappa shape index (κ2) is 6.26. The van der Waals surface area contributed by atoms with E-state index >= 15 is 0 Å². The van der Waals surface area contributed by atoms with Gasteiger partial charge in [-0.1, -0.05) is 29.8 Å². The molecule has 0 unspecified atom stereocenters. The van der Waals surface area contributed by atoms with Crippen molar-refractivity contribution in [2.24, 2.45) is 0 Å². The Morgan fingerprint density at radius 1 is 1.20 bits per heavy atom. The molecule has 0 aliphatic rings. The zero-order valence-corrected chi connectivity index (χ0v) is 11.6. The van der Waals surface area contributed by atoms with E-state index in [0.717, 1.165) is 11.6 Å². The summed E-state index contributed by atoms with van der Waals surface area (Å²) in [6.07, 6.45) is 0. The smallest absolute Gasteiger partial charge is 0.488 e. The lowest BCUT2D eigenvalue weighted by Crippen LogP contribution is -2.30. The lowest BCUT2D eigenvalue weighted by atomic mass is 9.80. The molecule has 3 nitrogen and oxygen atoms in total. The Morgan fingerprint density at radius 3 is 2.60 bits per heavy atom. The van der Waals surface area contributed by atoms with Crippen molar-refractivity contribution in [2.45, 2.75) is 13.5 Å². The van der Waals surface area contributed by atoms with Crippen molar-refractivity contribution >= 4 is 24.2 Å². The predicted octanol–water partition coefficient (Wildman–Crippen LogP) is 2.05. The van der Waals surface area contributed by atoms with Gasteiger partial charge in [0.1, 0.15) is 18.2 Å². The van der Waals surface area contributed by atoms with Crippen molar-refractivity contribution in [3.8, 4) is 5.75 Å². The third-order valence-electron chi connectivity index (χ3n) is 2.91. The fraction of sp³-hybridized carbons (Fsp3) is 0.143. The van der Waals surface area contributed by atoms with Gasteiger partial charge in [0.2, 0.25) is 0 Å². The first-order valence-corrected chi connectivity index (χ1v) is 6.38. The molecular weight excluding hydrogens is 281 g/mol. The molecule has 6 heteroatoms. The lowest BCUT2D eigenvalue weighted by molar-refractivity contribution is 0.298. The van der Waals surface area contributed by atoms with Crippen molar-refractivity contribution in [1.82, 2.24) is 0 Å². The largest absolute Gasteiger partial charge is 0.488 e. The Balaban J connectivity index is 2.13. The van der Waals surface area contributed by atoms with E-state index in [9.17, 15) is 4.39 Å². The monoisotopic (exact) mass is 294 g/mol. The van der Waals surface area contributed by atoms with Crippen LogP contribution in [0.1, 0.15) is 11.1 Å². The number of ether oxygens (including phenoxy) is 1. The van der Waals surface area contributed by atoms with E-state index in [4.69, 9.17) is 26.4 Å². The van der Waals surface area contributed by atoms with Crippen LogP contribution < -0.4 is 10.2 Å². The van der Waals surface area contributed by atoms with Crippen molar-refractivity contribution < 1.29 is 19.2 Å². The summed E-state index contributed by atoms with van der Waals surface area (Å²) in [6, 6.07) is 9.22. The Hall–Kier alpha value is -1.56. The van der Waals surface area contributed by atoms with E-state index in [1.807, 2.05) is 13.0 Å². The lowest BCUT2D eigenvalue weighted by Gasteiger charge is -2.11. The minimum atomic E-state index is -1.69. The first-order chi connectivity index (χ1) is 9.47. The number of aryl methyl sites for hydroxylation is 1. The van der Waals surface area contributed by atoms with Crippen LogP contribution >= 0.6 is 11.6 Å². The molecule has 2 rings (SSSR count). The minimum absolute atomic E-state index is 0.0365. The van der Waals surface area contributed by atoms with Gasteiger partial charge in [-0.25, -0.2) is 4.39 Å². The molecule has 0 aliphatic carbocycles. The molecule has 0 heterocycles. The maximum atomic E-state index is 13.8. The molecular formula is C14H13BClFO3. The van der Waals surface area contributed by atoms with Crippen LogP contribution in [0.3, 0.4) is 0 Å². The molecule has 0 bridgehead atoms. The average molecular weight is 295 g/mol. The molecule has 0 saturated carbocycles. The zero-order valence-electron chi connectivity index (χ0n) is 10.8. The Labute approximate surface area is 121 Å². The summed E-state index contributed by atoms with van der Waals surface area (Å²) in [5.41, 5.74) is 1.33. The molecule has 2 aromatic carbocycles. The number of hydrogen-bond donors (Lipinski definition) is 2. The molecule has 0 spiro atoms. The highest BCUT2D eigenvalue weighted by molar-refractivity contribution is 6.58. The molecule has 0 fully saturated rings. The normalized spacial score (nSPS) is 10.4. The molecule has 0 radical (unpaired) electrons. The highest BCUT2D eigenvalue weighted by Gasteiger charge is 2.14. The Kier molecular flexibility index (Phi) is 4.65. The van der Waals surface area contributed by atoms with Gasteiger partial charge in [0.25, 0.3) is 0 Å². The molecule has 20 heavy (non-hydrogen) atoms. The highest BCUT2D eigenvalue weighted by Crippen LogP contribution is 2.23. The van der Waals surface area contributed by atoms with E-state index in [1.54, 1.807) is 12.1 Å². The van der Waals surface area contributed by atoms with Gasteiger partial charge in [-0.3, -0.25) is 0 Å². The summed E-state index contributed by atoms with van der Waals surface area (Å²) in [6.45, 7) is 1.90. The third-order valence-corrected chi connectivity index (χ3v) is 3.14. The Bertz CT molecular complexity index is 619. The molecule has 104 valence electrons. The van der Waals surface area contributed by atoms with Gasteiger partial charge >= 0.3 is 7.12 Å². The SMILES string of the molecule is Cc1ccc(Cl)cc1OCc1ccc(B(O)O)cc1F. The molecule has 2 aromatic rings. The van der Waals surface area contributed by atoms with Crippen LogP contribution in [0, 0.1) is 12.7 Å². The summed E-state index contributed by atoms with van der Waals surface area (Å²) < 4.78 is 19.3. The van der Waals surface area contributed by atoms with Crippen molar-refractivity contribution in [3.05, 3.63) is 58.4 Å². The van der Waals surface area contributed by atoms with Crippen LogP contribution in [-0.2, 0) is 6.61 Å². The average Bonchev–Trinajstić information content (AvgIpc) is 2.40. The van der Waals surface area contributed by atoms with Gasteiger partial charge in [0, 0.05) is 10.6 Å². The molecule has 2 N–H and O–H groups in total. The highest BCUT2D eigenvalue weighted by atomic mass is 35.5. The van der Waals surface area contributed by atoms with Gasteiger partial charge in [-0.05, 0) is 36.1 Å². The maximum absolute atomic E-state index is 13.8. The van der Waals surface area contributed by atoms with E-state index < -0.39 is 12.9 Å². The summed E-state index contributed by atoms with van der Waals surface area (Å²) in [4.78, 5) is 0. The van der Waals surface area contributed by atoms with Crippen LogP contribution in [0.15, 0.2) is 36.4 Å². The first-order valence-electron chi connectivity index (χ1n) is 6.01. The number of halogens is 2. The van der Waals surface area contributed by atoms with Gasteiger partial charge < -0.3 is 14.8 Å². The second-order valence-electron chi connectivity index (χ2n) is 4.42. The summed E-state index contributed by atoms with van der Waals surface area (Å²) in [5.74, 6) is 0.0402. The maximum Gasteiger partial charge on any atom is 0.488 e. The fourth-order valence-electron chi connectivity index (χ4n) is 1.73. The third kappa shape index (κ3) is 3.51. The van der Waals surface area contributed by atoms with E-state index in [-0.39, 0.29) is 12.1 Å². The van der Waals surface area contributed by atoms with Crippen molar-refractivity contribution in [2.75, 3.05) is 0 Å². The molecule has 0 amide bonds. The molecule has 0 atom stereocenters. The number of rotatable bonds is 4. The fourth-order valence-corrected chi connectivity index (χ4v) is 1.89. The molecule has 0 aromatic heterocycles. The van der Waals surface area contributed by atoms with Gasteiger partial charge in [0.15, 0.2) is 0 Å². The standard InChI is InChI=1S/C14H13BClFO3/c1-9-2-5-12(16)7-14(9)20-8-10-3-4-11(15(18)19)6-13(10)17/h2-7,18-19H,8H2,1H3. The Morgan fingerprint density at radius 2 is 1.95 bits per heavy atom. The summed E-state index contributed by atoms with van der Waals surface area (Å²) in [5, 5.41) is 18.5. The zero-order chi connectivity index (χ0) is 14.7. The topological polar surface area (TPSA) is 49.7 Å². The second-order valence-corrected chi connectivity index (χ2v) is 4.86. The van der Waals surface area contributed by atoms with Crippen molar-refractivity contribution in [1.29, 1.82) is 0 Å². The van der Waals surface area contributed by atoms with Crippen molar-refractivity contribution in [3.63, 3.8) is 0 Å². The quantitative estimate of drug-likeness (QED) is 0.849.